The molecule has 624 valence electrons. The molecule has 14 heterocycles. The van der Waals surface area contributed by atoms with Crippen molar-refractivity contribution in [3.8, 4) is 11.1 Å². The van der Waals surface area contributed by atoms with Gasteiger partial charge in [0, 0.05) is 13.1 Å². The molecule has 2 aromatic heterocycles. The summed E-state index contributed by atoms with van der Waals surface area (Å²) in [6, 6.07) is 21.3. The number of cyclic esters (lactones) is 24. The molecule has 7 aromatic rings. The van der Waals surface area contributed by atoms with Crippen LogP contribution in [0.1, 0.15) is 120 Å². The molecule has 8 saturated heterocycles. The molecule has 44 nitrogen and oxygen atoms in total. The summed E-state index contributed by atoms with van der Waals surface area (Å²) in [4.78, 5) is 317. The van der Waals surface area contributed by atoms with Crippen molar-refractivity contribution in [2.24, 2.45) is 59.2 Å². The monoisotopic (exact) mass is 1690 g/mol. The highest BCUT2D eigenvalue weighted by Crippen LogP contribution is 2.55. The average Bonchev–Trinajstić information content (AvgIpc) is 1.54. The van der Waals surface area contributed by atoms with E-state index < -0.39 is 225 Å². The van der Waals surface area contributed by atoms with E-state index in [1.807, 2.05) is 0 Å². The maximum Gasteiger partial charge on any atom is 0.346 e. The maximum atomic E-state index is 11.6. The Bertz CT molecular complexity index is 5810. The number of rotatable bonds is 7. The molecule has 0 N–H and O–H groups in total. The predicted molar refractivity (Wildman–Crippen MR) is 375 cm³/mol. The zero-order chi connectivity index (χ0) is 87.9. The van der Waals surface area contributed by atoms with Crippen LogP contribution in [-0.2, 0) is 140 Å². The van der Waals surface area contributed by atoms with Crippen molar-refractivity contribution in [2.45, 2.75) is 32.1 Å². The lowest BCUT2D eigenvalue weighted by atomic mass is 9.59. The largest absolute Gasteiger partial charge is 0.393 e. The number of hydrogen-bond acceptors (Lipinski definition) is 44. The number of benzene rings is 5. The summed E-state index contributed by atoms with van der Waals surface area (Å²) in [5.74, 6) is -22.8. The van der Waals surface area contributed by atoms with Crippen molar-refractivity contribution >= 4 is 165 Å². The number of esters is 24. The van der Waals surface area contributed by atoms with Crippen LogP contribution in [0.4, 0.5) is 0 Å². The van der Waals surface area contributed by atoms with Crippen molar-refractivity contribution in [3.05, 3.63) is 182 Å². The van der Waals surface area contributed by atoms with Crippen molar-refractivity contribution in [1.29, 1.82) is 0 Å². The summed E-state index contributed by atoms with van der Waals surface area (Å²) >= 11 is 0. The van der Waals surface area contributed by atoms with E-state index in [0.717, 1.165) is 23.3 Å². The Morgan fingerprint density at radius 3 is 0.764 bits per heavy atom. The van der Waals surface area contributed by atoms with Gasteiger partial charge in [0.05, 0.1) is 164 Å². The van der Waals surface area contributed by atoms with E-state index in [0.29, 0.717) is 30.6 Å². The molecule has 0 spiro atoms. The van der Waals surface area contributed by atoms with Crippen LogP contribution in [-0.4, -0.2) is 192 Å². The molecule has 123 heavy (non-hydrogen) atoms. The Morgan fingerprint density at radius 1 is 0.236 bits per heavy atom. The molecular formula is C79H46N2O42. The predicted octanol–water partition coefficient (Wildman–Crippen LogP) is -1.66. The molecule has 0 radical (unpaired) electrons. The lowest BCUT2D eigenvalue weighted by molar-refractivity contribution is -0.170. The summed E-state index contributed by atoms with van der Waals surface area (Å²) in [5, 5.41) is -0.0726. The lowest BCUT2D eigenvalue weighted by Crippen LogP contribution is -2.50. The average molecular weight is 1700 g/mol. The molecule has 21 rings (SSSR count). The molecule has 10 fully saturated rings. The third-order valence-electron chi connectivity index (χ3n) is 21.4. The minimum atomic E-state index is -0.846. The summed E-state index contributed by atoms with van der Waals surface area (Å²) in [6.07, 6.45) is 0.510. The molecule has 6 atom stereocenters. The lowest BCUT2D eigenvalue weighted by Gasteiger charge is -2.33. The van der Waals surface area contributed by atoms with Crippen LogP contribution in [0.5, 0.6) is 0 Å². The molecule has 0 bridgehead atoms. The first kappa shape index (κ1) is 82.1. The fourth-order valence-corrected chi connectivity index (χ4v) is 15.5. The summed E-state index contributed by atoms with van der Waals surface area (Å²) in [7, 11) is 0. The van der Waals surface area contributed by atoms with Gasteiger partial charge in [-0.05, 0) is 102 Å². The van der Waals surface area contributed by atoms with Gasteiger partial charge in [-0.3, -0.25) is 86.5 Å². The third kappa shape index (κ3) is 15.8. The number of ether oxygens (including phenoxy) is 12. The van der Waals surface area contributed by atoms with Gasteiger partial charge in [0.1, 0.15) is 0 Å². The quantitative estimate of drug-likeness (QED) is 0.0978. The van der Waals surface area contributed by atoms with Crippen molar-refractivity contribution < 1.29 is 181 Å². The molecule has 12 aliphatic heterocycles. The van der Waals surface area contributed by atoms with E-state index in [1.54, 1.807) is 58.3 Å². The highest BCUT2D eigenvalue weighted by molar-refractivity contribution is 6.18. The second kappa shape index (κ2) is 32.0. The maximum absolute atomic E-state index is 11.6. The van der Waals surface area contributed by atoms with Crippen LogP contribution >= 0.6 is 0 Å². The first-order valence-electron chi connectivity index (χ1n) is 36.2. The first-order valence-corrected chi connectivity index (χ1v) is 36.2. The van der Waals surface area contributed by atoms with Gasteiger partial charge in [-0.25, -0.2) is 57.5 Å². The van der Waals surface area contributed by atoms with Crippen molar-refractivity contribution in [3.63, 3.8) is 0 Å². The van der Waals surface area contributed by atoms with Gasteiger partial charge in [-0.2, -0.15) is 0 Å². The number of carbonyl (C=O) groups is 24. The number of carbonyl (C=O) groups excluding carboxylic acids is 24. The van der Waals surface area contributed by atoms with Gasteiger partial charge in [0.15, 0.2) is 0 Å². The second-order valence-corrected chi connectivity index (χ2v) is 28.7. The van der Waals surface area contributed by atoms with Gasteiger partial charge >= 0.3 is 166 Å². The zero-order valence-electron chi connectivity index (χ0n) is 61.7. The van der Waals surface area contributed by atoms with E-state index in [9.17, 15) is 134 Å². The number of furan rings is 2. The number of morpholine rings is 2. The molecule has 44 heteroatoms. The molecule has 2 aliphatic carbocycles. The standard InChI is InChI=1S/C17H8O6.C16H6O6.C10H12N2O6.C10H8O6.C10H2O6.C8H4O6.C8H6O6/c18-14-10-3-1-8(6-12(10)16(20)22-14)5-9-2-4-11-13(7-9)17(21)23-15(11)19;17-13-9-3-1-7(5-11(9)15(19)21-13)8-2-4-10-12(6-8)16(20)22-14(10)18;13-7-3-11(4-8(14)17-7)1-2-12-5-9(15)18-10(16)6-12;2*11-7-3-1-4-6(10(14)16-8(4)12)2-5(3)9(13)15-7;9-5-1-2(6(10)13-5)4-3(1)7(11)14-8(4)12;9-5-1-3(7(11)13-5)4-2-6(10)14-8(4)12/h1-4,6-7H,5H2;1-6H;1-6H2;3-6H,1-2H2;1-2H;1-4H;3-4H,1-2H2. The van der Waals surface area contributed by atoms with Crippen molar-refractivity contribution in [2.75, 3.05) is 39.3 Å². The second-order valence-electron chi connectivity index (χ2n) is 28.7. The number of hydrogen-bond donors (Lipinski definition) is 0. The van der Waals surface area contributed by atoms with E-state index in [1.165, 1.54) is 24.3 Å². The van der Waals surface area contributed by atoms with Gasteiger partial charge < -0.3 is 65.7 Å². The highest BCUT2D eigenvalue weighted by atomic mass is 16.6. The first-order chi connectivity index (χ1) is 58.4. The normalized spacial score (nSPS) is 24.5. The summed E-state index contributed by atoms with van der Waals surface area (Å²) in [6.45, 7) is 0.967. The smallest absolute Gasteiger partial charge is 0.346 e. The van der Waals surface area contributed by atoms with Crippen LogP contribution in [0.25, 0.3) is 32.7 Å². The van der Waals surface area contributed by atoms with Crippen LogP contribution in [0.15, 0.2) is 113 Å². The van der Waals surface area contributed by atoms with Gasteiger partial charge in [-0.15, -0.1) is 0 Å². The fraction of sp³-hybridized carbons (Fsp3) is 0.266. The topological polar surface area (TPSA) is 621 Å². The minimum absolute atomic E-state index is 0.0181. The molecule has 14 aliphatic rings. The van der Waals surface area contributed by atoms with E-state index in [4.69, 9.17) is 0 Å². The van der Waals surface area contributed by atoms with Crippen LogP contribution < -0.4 is 22.5 Å². The zero-order valence-corrected chi connectivity index (χ0v) is 61.7. The molecular weight excluding hydrogens is 1650 g/mol. The Morgan fingerprint density at radius 2 is 0.488 bits per heavy atom. The summed E-state index contributed by atoms with van der Waals surface area (Å²) < 4.78 is 61.8. The van der Waals surface area contributed by atoms with Gasteiger partial charge in [0.25, 0.3) is 0 Å². The van der Waals surface area contributed by atoms with Gasteiger partial charge in [0.2, 0.25) is 0 Å². The Hall–Kier alpha value is -16.0. The van der Waals surface area contributed by atoms with Crippen LogP contribution in [0, 0.1) is 59.2 Å². The molecule has 0 amide bonds. The van der Waals surface area contributed by atoms with Crippen molar-refractivity contribution in [1.82, 2.24) is 9.80 Å². The van der Waals surface area contributed by atoms with E-state index in [2.05, 4.69) is 65.7 Å². The number of fused-ring (bicyclic) bond motifs is 12. The fourth-order valence-electron chi connectivity index (χ4n) is 15.5. The summed E-state index contributed by atoms with van der Waals surface area (Å²) in [5.41, 5.74) is 1.30. The Balaban J connectivity index is 0.000000112. The van der Waals surface area contributed by atoms with Gasteiger partial charge in [-0.1, -0.05) is 24.3 Å². The minimum Gasteiger partial charge on any atom is -0.393 e. The van der Waals surface area contributed by atoms with Crippen LogP contribution in [0.3, 0.4) is 0 Å². The molecule has 5 aromatic carbocycles. The van der Waals surface area contributed by atoms with E-state index >= 15 is 0 Å². The third-order valence-corrected chi connectivity index (χ3v) is 21.4. The number of nitrogens with zero attached hydrogens (tertiary/aromatic N) is 2. The molecule has 6 unspecified atom stereocenters. The Labute approximate surface area is 676 Å². The van der Waals surface area contributed by atoms with E-state index in [-0.39, 0.29) is 118 Å². The van der Waals surface area contributed by atoms with Crippen LogP contribution in [0.2, 0.25) is 0 Å². The highest BCUT2D eigenvalue weighted by Gasteiger charge is 2.73. The Kier molecular flexibility index (Phi) is 21.4. The molecule has 2 saturated carbocycles. The SMILES string of the molecule is O=C1CC(C2CC(=O)OC2=O)C(=O)O1.O=C1CN(CCN2CC(=O)OC(=O)C2)CC(=O)O1.O=C1OC(=O)C2C1C1C(=O)OC(=O)C21.O=C1OC(=O)C2CC3C(=O)OC(=O)C3CC12.O=C1OC(=O)c2cc(-c3ccc4c(c3)C(=O)OC4=O)ccc21.O=C1OC(=O)c2cc(Cc3ccc4c(c3)C(=O)OC4=O)ccc21.O=c1oc(=O)c2cc3c(=O)oc(=O)c3cc12.